The Bertz CT molecular complexity index is 758. The van der Waals surface area contributed by atoms with Crippen LogP contribution in [-0.4, -0.2) is 18.2 Å². The van der Waals surface area contributed by atoms with E-state index in [0.717, 1.165) is 20.9 Å². The van der Waals surface area contributed by atoms with Gasteiger partial charge in [-0.2, -0.15) is 0 Å². The molecule has 0 aliphatic heterocycles. The summed E-state index contributed by atoms with van der Waals surface area (Å²) in [6.45, 7) is 0. The maximum absolute atomic E-state index is 11.3. The highest BCUT2D eigenvalue weighted by molar-refractivity contribution is 7.18. The summed E-state index contributed by atoms with van der Waals surface area (Å²) in [7, 11) is 1.60. The average Bonchev–Trinajstić information content (AvgIpc) is 2.86. The molecule has 0 fully saturated rings. The second kappa shape index (κ2) is 3.99. The van der Waals surface area contributed by atoms with Crippen LogP contribution in [0.2, 0.25) is 0 Å². The van der Waals surface area contributed by atoms with E-state index in [2.05, 4.69) is 0 Å². The summed E-state index contributed by atoms with van der Waals surface area (Å²) in [5, 5.41) is 13.9. The largest absolute Gasteiger partial charge is 0.496 e. The van der Waals surface area contributed by atoms with Crippen molar-refractivity contribution in [1.82, 2.24) is 0 Å². The summed E-state index contributed by atoms with van der Waals surface area (Å²) in [5.74, 6) is -0.203. The summed E-state index contributed by atoms with van der Waals surface area (Å²) in [6.07, 6.45) is 0. The maximum Gasteiger partial charge on any atom is 0.336 e. The van der Waals surface area contributed by atoms with E-state index in [9.17, 15) is 9.90 Å². The molecule has 1 aromatic heterocycles. The van der Waals surface area contributed by atoms with Gasteiger partial charge in [0.05, 0.1) is 12.7 Å². The Labute approximate surface area is 107 Å². The Morgan fingerprint density at radius 1 is 1.22 bits per heavy atom. The highest BCUT2D eigenvalue weighted by atomic mass is 32.1. The Morgan fingerprint density at radius 2 is 2.06 bits per heavy atom. The lowest BCUT2D eigenvalue weighted by molar-refractivity contribution is 0.0699. The number of hydrogen-bond acceptors (Lipinski definition) is 3. The number of hydrogen-bond donors (Lipinski definition) is 1. The topological polar surface area (TPSA) is 46.5 Å². The fourth-order valence-corrected chi connectivity index (χ4v) is 3.14. The van der Waals surface area contributed by atoms with E-state index in [4.69, 9.17) is 4.74 Å². The van der Waals surface area contributed by atoms with Crippen LogP contribution in [0.25, 0.3) is 20.9 Å². The number of carboxylic acid groups (broad SMARTS) is 1. The van der Waals surface area contributed by atoms with Crippen molar-refractivity contribution in [3.8, 4) is 5.75 Å². The second-order valence-corrected chi connectivity index (χ2v) is 4.86. The molecule has 3 nitrogen and oxygen atoms in total. The van der Waals surface area contributed by atoms with Gasteiger partial charge >= 0.3 is 5.97 Å². The number of benzene rings is 2. The number of rotatable bonds is 2. The maximum atomic E-state index is 11.3. The zero-order valence-corrected chi connectivity index (χ0v) is 10.5. The standard InChI is InChI=1S/C14H10O3S/c1-17-12-7-11-8(13-10(12)5-6-18-13)3-2-4-9(11)14(15)16/h2-7H,1H3,(H,15,16). The molecule has 0 aliphatic rings. The lowest BCUT2D eigenvalue weighted by Gasteiger charge is -2.08. The summed E-state index contributed by atoms with van der Waals surface area (Å²) in [6, 6.07) is 9.13. The molecule has 3 rings (SSSR count). The fourth-order valence-electron chi connectivity index (χ4n) is 2.19. The summed E-state index contributed by atoms with van der Waals surface area (Å²) in [4.78, 5) is 11.3. The number of fused-ring (bicyclic) bond motifs is 3. The van der Waals surface area contributed by atoms with Crippen molar-refractivity contribution in [2.75, 3.05) is 7.11 Å². The predicted octanol–water partition coefficient (Wildman–Crippen LogP) is 3.76. The molecule has 0 saturated carbocycles. The van der Waals surface area contributed by atoms with Crippen LogP contribution in [-0.2, 0) is 0 Å². The third-order valence-corrected chi connectivity index (χ3v) is 3.95. The van der Waals surface area contributed by atoms with Gasteiger partial charge < -0.3 is 9.84 Å². The van der Waals surface area contributed by atoms with Gasteiger partial charge in [0.15, 0.2) is 0 Å². The van der Waals surface area contributed by atoms with E-state index in [1.165, 1.54) is 0 Å². The summed E-state index contributed by atoms with van der Waals surface area (Å²) in [5.41, 5.74) is 0.307. The van der Waals surface area contributed by atoms with Gasteiger partial charge in [-0.25, -0.2) is 4.79 Å². The van der Waals surface area contributed by atoms with E-state index in [-0.39, 0.29) is 0 Å². The first-order chi connectivity index (χ1) is 8.72. The number of aromatic carboxylic acids is 1. The van der Waals surface area contributed by atoms with Crippen LogP contribution in [0.15, 0.2) is 35.7 Å². The minimum Gasteiger partial charge on any atom is -0.496 e. The van der Waals surface area contributed by atoms with Crippen LogP contribution in [0.3, 0.4) is 0 Å². The van der Waals surface area contributed by atoms with Crippen molar-refractivity contribution in [3.63, 3.8) is 0 Å². The highest BCUT2D eigenvalue weighted by Crippen LogP contribution is 2.37. The van der Waals surface area contributed by atoms with Crippen molar-refractivity contribution < 1.29 is 14.6 Å². The van der Waals surface area contributed by atoms with Gasteiger partial charge in [-0.3, -0.25) is 0 Å². The Morgan fingerprint density at radius 3 is 2.78 bits per heavy atom. The lowest BCUT2D eigenvalue weighted by Crippen LogP contribution is -1.97. The molecule has 0 aliphatic carbocycles. The van der Waals surface area contributed by atoms with Crippen molar-refractivity contribution in [2.24, 2.45) is 0 Å². The van der Waals surface area contributed by atoms with E-state index < -0.39 is 5.97 Å². The van der Waals surface area contributed by atoms with Crippen LogP contribution in [0.4, 0.5) is 0 Å². The normalized spacial score (nSPS) is 10.9. The molecule has 90 valence electrons. The zero-order valence-electron chi connectivity index (χ0n) is 9.64. The summed E-state index contributed by atoms with van der Waals surface area (Å²) >= 11 is 1.59. The Balaban J connectivity index is 2.54. The average molecular weight is 258 g/mol. The minimum atomic E-state index is -0.918. The van der Waals surface area contributed by atoms with Crippen LogP contribution in [0.1, 0.15) is 10.4 Å². The molecule has 0 bridgehead atoms. The van der Waals surface area contributed by atoms with Gasteiger partial charge in [-0.1, -0.05) is 12.1 Å². The SMILES string of the molecule is COc1cc2c(C(=O)O)cccc2c2sccc12. The molecule has 1 N–H and O–H groups in total. The predicted molar refractivity (Wildman–Crippen MR) is 72.8 cm³/mol. The molecule has 0 atom stereocenters. The first-order valence-electron chi connectivity index (χ1n) is 5.42. The Hall–Kier alpha value is -2.07. The first-order valence-corrected chi connectivity index (χ1v) is 6.30. The minimum absolute atomic E-state index is 0.307. The highest BCUT2D eigenvalue weighted by Gasteiger charge is 2.13. The molecule has 18 heavy (non-hydrogen) atoms. The molecule has 0 unspecified atom stereocenters. The van der Waals surface area contributed by atoms with Crippen molar-refractivity contribution in [2.45, 2.75) is 0 Å². The van der Waals surface area contributed by atoms with Crippen molar-refractivity contribution >= 4 is 38.2 Å². The van der Waals surface area contributed by atoms with E-state index >= 15 is 0 Å². The molecule has 0 radical (unpaired) electrons. The van der Waals surface area contributed by atoms with Gasteiger partial charge in [0.1, 0.15) is 5.75 Å². The van der Waals surface area contributed by atoms with Gasteiger partial charge in [0.2, 0.25) is 0 Å². The van der Waals surface area contributed by atoms with E-state index in [1.54, 1.807) is 36.6 Å². The van der Waals surface area contributed by atoms with Gasteiger partial charge in [-0.15, -0.1) is 11.3 Å². The van der Waals surface area contributed by atoms with Crippen LogP contribution < -0.4 is 4.74 Å². The monoisotopic (exact) mass is 258 g/mol. The van der Waals surface area contributed by atoms with Gasteiger partial charge in [0.25, 0.3) is 0 Å². The second-order valence-electron chi connectivity index (χ2n) is 3.95. The Kier molecular flexibility index (Phi) is 2.45. The molecule has 0 saturated heterocycles. The number of ether oxygens (including phenoxy) is 1. The lowest BCUT2D eigenvalue weighted by atomic mass is 10.0. The third-order valence-electron chi connectivity index (χ3n) is 3.01. The molecule has 3 aromatic rings. The number of thiophene rings is 1. The molecular formula is C14H10O3S. The molecule has 1 heterocycles. The van der Waals surface area contributed by atoms with Crippen LogP contribution in [0.5, 0.6) is 5.75 Å². The summed E-state index contributed by atoms with van der Waals surface area (Å²) < 4.78 is 6.40. The van der Waals surface area contributed by atoms with E-state index in [0.29, 0.717) is 11.3 Å². The molecule has 4 heteroatoms. The molecular weight excluding hydrogens is 248 g/mol. The number of methoxy groups -OCH3 is 1. The third kappa shape index (κ3) is 1.46. The molecule has 0 spiro atoms. The van der Waals surface area contributed by atoms with Crippen molar-refractivity contribution in [3.05, 3.63) is 41.3 Å². The first kappa shape index (κ1) is 11.0. The van der Waals surface area contributed by atoms with Crippen LogP contribution in [0, 0.1) is 0 Å². The smallest absolute Gasteiger partial charge is 0.336 e. The van der Waals surface area contributed by atoms with Crippen molar-refractivity contribution in [1.29, 1.82) is 0 Å². The van der Waals surface area contributed by atoms with Crippen LogP contribution >= 0.6 is 11.3 Å². The number of carboxylic acids is 1. The van der Waals surface area contributed by atoms with E-state index in [1.807, 2.05) is 17.5 Å². The molecule has 0 amide bonds. The molecule has 2 aromatic carbocycles. The number of carbonyl (C=O) groups is 1. The van der Waals surface area contributed by atoms with Gasteiger partial charge in [-0.05, 0) is 23.6 Å². The quantitative estimate of drug-likeness (QED) is 0.761. The fraction of sp³-hybridized carbons (Fsp3) is 0.0714. The zero-order chi connectivity index (χ0) is 12.7. The van der Waals surface area contributed by atoms with Gasteiger partial charge in [0, 0.05) is 20.9 Å².